The number of hydrogen-bond donors (Lipinski definition) is 3. The molecule has 0 aliphatic heterocycles. The van der Waals surface area contributed by atoms with Gasteiger partial charge in [-0.05, 0) is 18.2 Å². The summed E-state index contributed by atoms with van der Waals surface area (Å²) in [4.78, 5) is 25.3. The van der Waals surface area contributed by atoms with Crippen molar-refractivity contribution in [2.24, 2.45) is 5.10 Å². The van der Waals surface area contributed by atoms with Gasteiger partial charge < -0.3 is 10.1 Å². The van der Waals surface area contributed by atoms with E-state index in [1.54, 1.807) is 18.3 Å². The number of fused-ring (bicyclic) bond motifs is 1. The van der Waals surface area contributed by atoms with Crippen LogP contribution >= 0.6 is 0 Å². The Morgan fingerprint density at radius 1 is 1.29 bits per heavy atom. The molecule has 0 bridgehead atoms. The second kappa shape index (κ2) is 6.21. The van der Waals surface area contributed by atoms with E-state index in [1.807, 2.05) is 12.1 Å². The minimum absolute atomic E-state index is 0.127. The van der Waals surface area contributed by atoms with Crippen LogP contribution in [0.2, 0.25) is 0 Å². The standard InChI is InChI=1S/C16H12N4O4/c21-14-5-4-12(20(23)24)8-11(14)9-18-19-16(22)13-3-1-2-10-6-7-17-15(10)13/h1-9,17,21H,(H,19,22)/b18-9-. The van der Waals surface area contributed by atoms with Crippen molar-refractivity contribution >= 4 is 28.7 Å². The van der Waals surface area contributed by atoms with Gasteiger partial charge in [0.05, 0.1) is 22.2 Å². The van der Waals surface area contributed by atoms with Gasteiger partial charge >= 0.3 is 0 Å². The van der Waals surface area contributed by atoms with E-state index in [0.717, 1.165) is 17.7 Å². The Morgan fingerprint density at radius 3 is 2.92 bits per heavy atom. The number of non-ortho nitro benzene ring substituents is 1. The van der Waals surface area contributed by atoms with E-state index in [2.05, 4.69) is 15.5 Å². The zero-order valence-corrected chi connectivity index (χ0v) is 12.3. The van der Waals surface area contributed by atoms with Crippen molar-refractivity contribution in [2.45, 2.75) is 0 Å². The number of benzene rings is 2. The van der Waals surface area contributed by atoms with Crippen molar-refractivity contribution in [3.63, 3.8) is 0 Å². The number of phenols is 1. The largest absolute Gasteiger partial charge is 0.507 e. The van der Waals surface area contributed by atoms with E-state index in [-0.39, 0.29) is 17.0 Å². The van der Waals surface area contributed by atoms with Crippen molar-refractivity contribution in [1.82, 2.24) is 10.4 Å². The van der Waals surface area contributed by atoms with E-state index in [9.17, 15) is 20.0 Å². The number of aromatic hydroxyl groups is 1. The van der Waals surface area contributed by atoms with Crippen molar-refractivity contribution in [3.8, 4) is 5.75 Å². The smallest absolute Gasteiger partial charge is 0.273 e. The predicted molar refractivity (Wildman–Crippen MR) is 88.1 cm³/mol. The van der Waals surface area contributed by atoms with Gasteiger partial charge in [0.15, 0.2) is 0 Å². The lowest BCUT2D eigenvalue weighted by molar-refractivity contribution is -0.384. The molecule has 0 fully saturated rings. The molecular formula is C16H12N4O4. The van der Waals surface area contributed by atoms with Crippen LogP contribution in [0.4, 0.5) is 5.69 Å². The first-order valence-corrected chi connectivity index (χ1v) is 6.93. The molecule has 0 unspecified atom stereocenters. The first kappa shape index (κ1) is 15.2. The van der Waals surface area contributed by atoms with Crippen LogP contribution in [-0.4, -0.2) is 27.1 Å². The zero-order valence-electron chi connectivity index (χ0n) is 12.3. The van der Waals surface area contributed by atoms with Gasteiger partial charge in [-0.2, -0.15) is 5.10 Å². The third kappa shape index (κ3) is 2.93. The summed E-state index contributed by atoms with van der Waals surface area (Å²) >= 11 is 0. The number of carbonyl (C=O) groups is 1. The van der Waals surface area contributed by atoms with Crippen LogP contribution in [0.1, 0.15) is 15.9 Å². The molecule has 0 aliphatic carbocycles. The van der Waals surface area contributed by atoms with Crippen LogP contribution in [-0.2, 0) is 0 Å². The second-order valence-corrected chi connectivity index (χ2v) is 4.95. The molecular weight excluding hydrogens is 312 g/mol. The van der Waals surface area contributed by atoms with Crippen LogP contribution in [0.15, 0.2) is 53.8 Å². The summed E-state index contributed by atoms with van der Waals surface area (Å²) in [6.45, 7) is 0. The van der Waals surface area contributed by atoms with E-state index >= 15 is 0 Å². The molecule has 8 nitrogen and oxygen atoms in total. The Bertz CT molecular complexity index is 962. The number of rotatable bonds is 4. The van der Waals surface area contributed by atoms with Crippen LogP contribution in [0, 0.1) is 10.1 Å². The molecule has 3 N–H and O–H groups in total. The zero-order chi connectivity index (χ0) is 17.1. The highest BCUT2D eigenvalue weighted by Gasteiger charge is 2.11. The Balaban J connectivity index is 1.79. The van der Waals surface area contributed by atoms with Gasteiger partial charge in [-0.15, -0.1) is 0 Å². The molecule has 24 heavy (non-hydrogen) atoms. The summed E-state index contributed by atoms with van der Waals surface area (Å²) in [5.74, 6) is -0.616. The number of nitro groups is 1. The summed E-state index contributed by atoms with van der Waals surface area (Å²) < 4.78 is 0. The number of nitrogens with one attached hydrogen (secondary N) is 2. The van der Waals surface area contributed by atoms with Gasteiger partial charge in [0, 0.05) is 29.3 Å². The van der Waals surface area contributed by atoms with Gasteiger partial charge in [0.1, 0.15) is 5.75 Å². The van der Waals surface area contributed by atoms with Crippen molar-refractivity contribution in [3.05, 3.63) is 69.9 Å². The lowest BCUT2D eigenvalue weighted by Gasteiger charge is -2.02. The van der Waals surface area contributed by atoms with Gasteiger partial charge in [0.25, 0.3) is 11.6 Å². The molecule has 0 radical (unpaired) electrons. The van der Waals surface area contributed by atoms with Crippen LogP contribution < -0.4 is 5.43 Å². The number of hydrazone groups is 1. The summed E-state index contributed by atoms with van der Waals surface area (Å²) in [5, 5.41) is 25.1. The number of amides is 1. The van der Waals surface area contributed by atoms with E-state index < -0.39 is 10.8 Å². The number of hydrogen-bond acceptors (Lipinski definition) is 5. The maximum absolute atomic E-state index is 12.2. The van der Waals surface area contributed by atoms with Gasteiger partial charge in [-0.25, -0.2) is 5.43 Å². The third-order valence-corrected chi connectivity index (χ3v) is 3.42. The maximum atomic E-state index is 12.2. The Kier molecular flexibility index (Phi) is 3.94. The second-order valence-electron chi connectivity index (χ2n) is 4.95. The van der Waals surface area contributed by atoms with Crippen molar-refractivity contribution in [1.29, 1.82) is 0 Å². The first-order valence-electron chi connectivity index (χ1n) is 6.93. The lowest BCUT2D eigenvalue weighted by Crippen LogP contribution is -2.18. The number of carbonyl (C=O) groups excluding carboxylic acids is 1. The Hall–Kier alpha value is -3.68. The topological polar surface area (TPSA) is 121 Å². The SMILES string of the molecule is O=C(N/N=C\c1cc([N+](=O)[O-])ccc1O)c1cccc2cc[nH]c12. The van der Waals surface area contributed by atoms with Crippen molar-refractivity contribution in [2.75, 3.05) is 0 Å². The third-order valence-electron chi connectivity index (χ3n) is 3.42. The van der Waals surface area contributed by atoms with Crippen molar-refractivity contribution < 1.29 is 14.8 Å². The van der Waals surface area contributed by atoms with Crippen LogP contribution in [0.3, 0.4) is 0 Å². The number of nitrogens with zero attached hydrogens (tertiary/aromatic N) is 2. The van der Waals surface area contributed by atoms with E-state index in [0.29, 0.717) is 11.1 Å². The van der Waals surface area contributed by atoms with E-state index in [1.165, 1.54) is 12.1 Å². The predicted octanol–water partition coefficient (Wildman–Crippen LogP) is 2.55. The van der Waals surface area contributed by atoms with Crippen LogP contribution in [0.25, 0.3) is 10.9 Å². The molecule has 8 heteroatoms. The number of phenolic OH excluding ortho intramolecular Hbond substituents is 1. The fourth-order valence-electron chi connectivity index (χ4n) is 2.25. The quantitative estimate of drug-likeness (QED) is 0.388. The number of aromatic amines is 1. The molecule has 3 aromatic rings. The number of nitro benzene ring substituents is 1. The Labute approximate surface area is 135 Å². The maximum Gasteiger partial charge on any atom is 0.273 e. The minimum atomic E-state index is -0.582. The Morgan fingerprint density at radius 2 is 2.12 bits per heavy atom. The lowest BCUT2D eigenvalue weighted by atomic mass is 10.1. The average molecular weight is 324 g/mol. The number of para-hydroxylation sites is 1. The molecule has 3 rings (SSSR count). The highest BCUT2D eigenvalue weighted by molar-refractivity contribution is 6.05. The normalized spacial score (nSPS) is 11.0. The fourth-order valence-corrected chi connectivity index (χ4v) is 2.25. The summed E-state index contributed by atoms with van der Waals surface area (Å²) in [6.07, 6.45) is 2.88. The van der Waals surface area contributed by atoms with Gasteiger partial charge in [0.2, 0.25) is 0 Å². The minimum Gasteiger partial charge on any atom is -0.507 e. The highest BCUT2D eigenvalue weighted by Crippen LogP contribution is 2.21. The van der Waals surface area contributed by atoms with Crippen LogP contribution in [0.5, 0.6) is 5.75 Å². The molecule has 0 atom stereocenters. The van der Waals surface area contributed by atoms with E-state index in [4.69, 9.17) is 0 Å². The summed E-state index contributed by atoms with van der Waals surface area (Å²) in [6, 6.07) is 10.6. The summed E-state index contributed by atoms with van der Waals surface area (Å²) in [5.41, 5.74) is 3.38. The van der Waals surface area contributed by atoms with Gasteiger partial charge in [-0.3, -0.25) is 14.9 Å². The molecule has 0 saturated heterocycles. The highest BCUT2D eigenvalue weighted by atomic mass is 16.6. The molecule has 1 amide bonds. The molecule has 0 spiro atoms. The molecule has 1 aromatic heterocycles. The monoisotopic (exact) mass is 324 g/mol. The number of H-pyrrole nitrogens is 1. The molecule has 1 heterocycles. The van der Waals surface area contributed by atoms with Gasteiger partial charge in [-0.1, -0.05) is 12.1 Å². The molecule has 0 saturated carbocycles. The molecule has 120 valence electrons. The fraction of sp³-hybridized carbons (Fsp3) is 0. The first-order chi connectivity index (χ1) is 11.6. The molecule has 2 aromatic carbocycles. The average Bonchev–Trinajstić information content (AvgIpc) is 3.04. The number of aromatic nitrogens is 1. The summed E-state index contributed by atoms with van der Waals surface area (Å²) in [7, 11) is 0. The molecule has 0 aliphatic rings.